The Balaban J connectivity index is 0.000000154. The van der Waals surface area contributed by atoms with E-state index in [1.165, 1.54) is 48.5 Å². The third-order valence-electron chi connectivity index (χ3n) is 13.8. The Morgan fingerprint density at radius 3 is 0.545 bits per heavy atom. The molecular weight excluding hydrogens is 1420 g/mol. The molecule has 0 saturated carbocycles. The Labute approximate surface area is 567 Å². The van der Waals surface area contributed by atoms with Gasteiger partial charge in [0, 0.05) is 6.26 Å². The SMILES string of the molecule is CS(=O)(=O)c1ccc([S+](c2c(F)cccc2F)c2c(F)cccc2F)cc1.Cc1ccc([S+](c2c(F)cccc2F)c2c(F)cccc2F)cc1.Fc1cccc(F)c1[S+](c1c(F)cccc1F)c1c(F)cccc1F.Fc1cccc(F)c1[S+](c1ccccc1)c1c(F)cccc1F. The smallest absolute Gasteiger partial charge is 0.224 e. The number of halogens is 18. The first kappa shape index (κ1) is 74.0. The maximum Gasteiger partial charge on any atom is 0.238 e. The summed E-state index contributed by atoms with van der Waals surface area (Å²) in [4.78, 5) is -3.76. The zero-order valence-electron chi connectivity index (χ0n) is 50.8. The van der Waals surface area contributed by atoms with Gasteiger partial charge in [0.25, 0.3) is 0 Å². The van der Waals surface area contributed by atoms with E-state index in [2.05, 4.69) is 0 Å². The lowest BCUT2D eigenvalue weighted by Crippen LogP contribution is -2.16. The fourth-order valence-electron chi connectivity index (χ4n) is 9.47. The van der Waals surface area contributed by atoms with Crippen LogP contribution in [0, 0.1) is 112 Å². The maximum absolute atomic E-state index is 14.4. The summed E-state index contributed by atoms with van der Waals surface area (Å²) in [5.41, 5.74) is 0.935. The van der Waals surface area contributed by atoms with Gasteiger partial charge in [0.1, 0.15) is 43.6 Å². The lowest BCUT2D eigenvalue weighted by molar-refractivity contribution is 0.517. The second kappa shape index (κ2) is 32.6. The van der Waals surface area contributed by atoms with Crippen molar-refractivity contribution in [2.75, 3.05) is 6.26 Å². The van der Waals surface area contributed by atoms with Crippen molar-refractivity contribution < 1.29 is 87.4 Å². The number of hydrogen-bond donors (Lipinski definition) is 0. The third-order valence-corrected chi connectivity index (χ3v) is 24.4. The second-order valence-corrected chi connectivity index (χ2v) is 30.1. The predicted octanol–water partition coefficient (Wildman–Crippen LogP) is 21.3. The van der Waals surface area contributed by atoms with Gasteiger partial charge in [0.05, 0.1) is 4.90 Å². The van der Waals surface area contributed by atoms with Gasteiger partial charge in [0.15, 0.2) is 129 Å². The van der Waals surface area contributed by atoms with Crippen LogP contribution in [0.25, 0.3) is 0 Å². The third kappa shape index (κ3) is 16.9. The van der Waals surface area contributed by atoms with E-state index in [-0.39, 0.29) is 29.4 Å². The highest BCUT2D eigenvalue weighted by molar-refractivity contribution is 7.98. The van der Waals surface area contributed by atoms with E-state index in [4.69, 9.17) is 0 Å². The molecule has 0 aromatic heterocycles. The van der Waals surface area contributed by atoms with Crippen LogP contribution in [0.1, 0.15) is 5.56 Å². The van der Waals surface area contributed by atoms with Gasteiger partial charge in [-0.1, -0.05) is 90.5 Å². The minimum absolute atomic E-state index is 0.0159. The van der Waals surface area contributed by atoms with Crippen LogP contribution < -0.4 is 0 Å². The van der Waals surface area contributed by atoms with Gasteiger partial charge >= 0.3 is 0 Å². The number of benzene rings is 12. The first-order valence-corrected chi connectivity index (χ1v) is 35.3. The molecule has 0 aliphatic heterocycles. The first-order chi connectivity index (χ1) is 47.2. The van der Waals surface area contributed by atoms with Crippen LogP contribution in [0.5, 0.6) is 0 Å². The van der Waals surface area contributed by atoms with Crippen molar-refractivity contribution in [1.82, 2.24) is 0 Å². The summed E-state index contributed by atoms with van der Waals surface area (Å²) in [7, 11) is -10.8. The molecule has 506 valence electrons. The van der Waals surface area contributed by atoms with Crippen molar-refractivity contribution >= 4 is 53.4 Å². The van der Waals surface area contributed by atoms with Crippen molar-refractivity contribution in [3.63, 3.8) is 0 Å². The molecule has 0 fully saturated rings. The Morgan fingerprint density at radius 2 is 0.364 bits per heavy atom. The molecule has 0 atom stereocenters. The Bertz CT molecular complexity index is 4540. The van der Waals surface area contributed by atoms with Gasteiger partial charge in [-0.2, -0.15) is 0 Å². The molecule has 0 N–H and O–H groups in total. The fourth-order valence-corrected chi connectivity index (χ4v) is 18.7. The van der Waals surface area contributed by atoms with Crippen molar-refractivity contribution in [3.8, 4) is 0 Å². The van der Waals surface area contributed by atoms with Gasteiger partial charge in [-0.25, -0.2) is 87.4 Å². The van der Waals surface area contributed by atoms with E-state index in [0.717, 1.165) is 151 Å². The van der Waals surface area contributed by atoms with E-state index >= 15 is 0 Å². The molecule has 0 unspecified atom stereocenters. The van der Waals surface area contributed by atoms with E-state index in [1.807, 2.05) is 6.92 Å². The molecule has 0 saturated heterocycles. The van der Waals surface area contributed by atoms with Gasteiger partial charge < -0.3 is 0 Å². The van der Waals surface area contributed by atoms with Crippen LogP contribution in [0.2, 0.25) is 0 Å². The van der Waals surface area contributed by atoms with Crippen LogP contribution in [-0.2, 0) is 53.4 Å². The average Bonchev–Trinajstić information content (AvgIpc) is 0.783. The monoisotopic (exact) mass is 1470 g/mol. The number of aryl methyl sites for hydroxylation is 1. The molecule has 0 spiro atoms. The number of sulfone groups is 1. The van der Waals surface area contributed by atoms with Crippen molar-refractivity contribution in [3.05, 3.63) is 353 Å². The van der Waals surface area contributed by atoms with Crippen LogP contribution in [-0.4, -0.2) is 14.7 Å². The zero-order valence-corrected chi connectivity index (χ0v) is 54.8. The number of hydrogen-bond acceptors (Lipinski definition) is 2. The summed E-state index contributed by atoms with van der Waals surface area (Å²) in [6.45, 7) is 1.86. The van der Waals surface area contributed by atoms with Crippen LogP contribution in [0.15, 0.2) is 306 Å². The Kier molecular flexibility index (Phi) is 24.4. The van der Waals surface area contributed by atoms with Gasteiger partial charge in [0.2, 0.25) is 44.1 Å². The standard InChI is InChI=1S/C19H13F4O2S2.C19H13F4S.C18H9F6S.C18H11F4S/c1-27(24,25)13-10-8-12(9-11-13)26(18-14(20)4-2-5-15(18)21)19-16(22)6-3-7-17(19)23;1-12-8-10-13(11-9-12)24(18-14(20)4-2-5-15(18)21)19-16(22)6-3-7-17(19)23;19-10-4-1-5-11(20)16(10)25(17-12(21)6-2-7-13(17)22)18-14(23)8-3-9-15(18)24;19-13-8-4-9-14(20)17(13)23(12-6-2-1-3-7-12)18-15(21)10-5-11-16(18)22/h2-11H,1H3;2-11H,1H3;1-9H;1-11H/q4*+1. The Hall–Kier alpha value is -9.27. The highest BCUT2D eigenvalue weighted by Gasteiger charge is 2.46. The quantitative estimate of drug-likeness (QED) is 0.0852. The van der Waals surface area contributed by atoms with Crippen LogP contribution in [0.4, 0.5) is 79.0 Å². The lowest BCUT2D eigenvalue weighted by atomic mass is 10.2. The minimum atomic E-state index is -3.50. The molecule has 99 heavy (non-hydrogen) atoms. The molecule has 2 nitrogen and oxygen atoms in total. The number of rotatable bonds is 13. The minimum Gasteiger partial charge on any atom is -0.224 e. The molecule has 12 rings (SSSR count). The van der Waals surface area contributed by atoms with Crippen molar-refractivity contribution in [2.45, 2.75) is 70.6 Å². The molecule has 0 amide bonds. The molecular formula is C74H46F18O2S5+4. The predicted molar refractivity (Wildman–Crippen MR) is 343 cm³/mol. The molecule has 12 aromatic carbocycles. The van der Waals surface area contributed by atoms with Crippen molar-refractivity contribution in [1.29, 1.82) is 0 Å². The van der Waals surface area contributed by atoms with Gasteiger partial charge in [-0.05, 0) is 165 Å². The second-order valence-electron chi connectivity index (χ2n) is 20.6. The molecule has 0 radical (unpaired) electrons. The highest BCUT2D eigenvalue weighted by atomic mass is 32.2. The molecule has 0 bridgehead atoms. The molecule has 0 heterocycles. The van der Waals surface area contributed by atoms with Crippen LogP contribution in [0.3, 0.4) is 0 Å². The highest BCUT2D eigenvalue weighted by Crippen LogP contribution is 2.43. The first-order valence-electron chi connectivity index (χ1n) is 28.5. The van der Waals surface area contributed by atoms with E-state index < -0.39 is 183 Å². The zero-order chi connectivity index (χ0) is 71.6. The largest absolute Gasteiger partial charge is 0.238 e. The summed E-state index contributed by atoms with van der Waals surface area (Å²) < 4.78 is 281. The summed E-state index contributed by atoms with van der Waals surface area (Å²) in [6, 6.07) is 48.3. The Morgan fingerprint density at radius 1 is 0.202 bits per heavy atom. The topological polar surface area (TPSA) is 34.1 Å². The van der Waals surface area contributed by atoms with Crippen molar-refractivity contribution in [2.24, 2.45) is 0 Å². The van der Waals surface area contributed by atoms with Gasteiger partial charge in [-0.3, -0.25) is 0 Å². The van der Waals surface area contributed by atoms with Gasteiger partial charge in [-0.15, -0.1) is 0 Å². The van der Waals surface area contributed by atoms with E-state index in [1.54, 1.807) is 54.6 Å². The summed E-state index contributed by atoms with van der Waals surface area (Å²) in [5.74, 6) is -17.4. The summed E-state index contributed by atoms with van der Waals surface area (Å²) in [5, 5.41) is 0. The molecule has 0 aliphatic rings. The van der Waals surface area contributed by atoms with E-state index in [9.17, 15) is 87.4 Å². The summed E-state index contributed by atoms with van der Waals surface area (Å²) >= 11 is 0. The van der Waals surface area contributed by atoms with E-state index in [0.29, 0.717) is 9.79 Å². The van der Waals surface area contributed by atoms with Crippen LogP contribution >= 0.6 is 0 Å². The fraction of sp³-hybridized carbons (Fsp3) is 0.0270. The average molecular weight is 1470 g/mol. The normalized spacial score (nSPS) is 11.3. The molecule has 0 aliphatic carbocycles. The molecule has 25 heteroatoms. The summed E-state index contributed by atoms with van der Waals surface area (Å²) in [6.07, 6.45) is 1.01. The maximum atomic E-state index is 14.4. The molecule has 12 aromatic rings. The lowest BCUT2D eigenvalue weighted by Gasteiger charge is -2.12.